The molecular weight excluding hydrogens is 442 g/mol. The SMILES string of the molecule is CC(=O)OC[C@H]1O[C@H](ONC(=O)c2ccccc2)[C@@H](OC(C)=O)[C@@H](OC(C)=O)[C@@H]1OC(C)=O. The topological polar surface area (TPSA) is 153 Å². The number of amides is 1. The molecule has 0 aromatic heterocycles. The zero-order chi connectivity index (χ0) is 24.5. The first kappa shape index (κ1) is 25.7. The van der Waals surface area contributed by atoms with Gasteiger partial charge in [-0.3, -0.25) is 24.0 Å². The van der Waals surface area contributed by atoms with Gasteiger partial charge in [0.25, 0.3) is 5.91 Å². The summed E-state index contributed by atoms with van der Waals surface area (Å²) in [5, 5.41) is 0. The van der Waals surface area contributed by atoms with Gasteiger partial charge in [-0.05, 0) is 12.1 Å². The molecule has 1 aromatic rings. The fourth-order valence-electron chi connectivity index (χ4n) is 3.04. The Morgan fingerprint density at radius 3 is 1.88 bits per heavy atom. The standard InChI is InChI=1S/C21H25NO11/c1-11(23)28-10-16-17(29-12(2)24)18(30-13(3)25)19(31-14(4)26)21(32-16)33-22-20(27)15-8-6-5-7-9-15/h5-9,16-19,21H,10H2,1-4H3,(H,22,27)/t16-,17-,18+,19+,21-/m1/s1. The van der Waals surface area contributed by atoms with E-state index in [0.717, 1.165) is 27.7 Å². The van der Waals surface area contributed by atoms with E-state index >= 15 is 0 Å². The third-order valence-electron chi connectivity index (χ3n) is 4.25. The number of esters is 4. The van der Waals surface area contributed by atoms with Crippen molar-refractivity contribution < 1.29 is 52.5 Å². The lowest BCUT2D eigenvalue weighted by Gasteiger charge is -2.43. The van der Waals surface area contributed by atoms with Crippen molar-refractivity contribution in [2.45, 2.75) is 58.4 Å². The second-order valence-corrected chi connectivity index (χ2v) is 6.98. The summed E-state index contributed by atoms with van der Waals surface area (Å²) in [6, 6.07) is 8.07. The van der Waals surface area contributed by atoms with Crippen molar-refractivity contribution in [3.8, 4) is 0 Å². The van der Waals surface area contributed by atoms with E-state index in [-0.39, 0.29) is 5.56 Å². The highest BCUT2D eigenvalue weighted by Crippen LogP contribution is 2.29. The maximum atomic E-state index is 12.4. The molecule has 12 nitrogen and oxygen atoms in total. The van der Waals surface area contributed by atoms with Gasteiger partial charge < -0.3 is 23.7 Å². The predicted octanol–water partition coefficient (Wildman–Crippen LogP) is 0.431. The van der Waals surface area contributed by atoms with Crippen LogP contribution in [0.2, 0.25) is 0 Å². The summed E-state index contributed by atoms with van der Waals surface area (Å²) in [5.74, 6) is -3.62. The van der Waals surface area contributed by atoms with Crippen molar-refractivity contribution in [2.24, 2.45) is 0 Å². The van der Waals surface area contributed by atoms with Crippen molar-refractivity contribution >= 4 is 29.8 Å². The fraction of sp³-hybridized carbons (Fsp3) is 0.476. The van der Waals surface area contributed by atoms with E-state index in [9.17, 15) is 24.0 Å². The zero-order valence-corrected chi connectivity index (χ0v) is 18.5. The molecule has 1 fully saturated rings. The fourth-order valence-corrected chi connectivity index (χ4v) is 3.04. The number of carbonyl (C=O) groups excluding carboxylic acids is 5. The highest BCUT2D eigenvalue weighted by atomic mass is 16.8. The Morgan fingerprint density at radius 1 is 0.788 bits per heavy atom. The van der Waals surface area contributed by atoms with E-state index < -0.39 is 67.1 Å². The van der Waals surface area contributed by atoms with Crippen LogP contribution in [0, 0.1) is 0 Å². The van der Waals surface area contributed by atoms with Crippen molar-refractivity contribution in [1.29, 1.82) is 0 Å². The average Bonchev–Trinajstić information content (AvgIpc) is 2.73. The van der Waals surface area contributed by atoms with E-state index in [1.807, 2.05) is 0 Å². The molecule has 1 amide bonds. The third-order valence-corrected chi connectivity index (χ3v) is 4.25. The van der Waals surface area contributed by atoms with Crippen molar-refractivity contribution in [3.05, 3.63) is 35.9 Å². The van der Waals surface area contributed by atoms with Crippen molar-refractivity contribution in [1.82, 2.24) is 5.48 Å². The van der Waals surface area contributed by atoms with Gasteiger partial charge in [0, 0.05) is 33.3 Å². The van der Waals surface area contributed by atoms with E-state index in [1.165, 1.54) is 12.1 Å². The molecule has 0 bridgehead atoms. The molecule has 1 aromatic carbocycles. The summed E-state index contributed by atoms with van der Waals surface area (Å²) < 4.78 is 26.4. The molecule has 0 saturated carbocycles. The number of benzene rings is 1. The summed E-state index contributed by atoms with van der Waals surface area (Å²) in [7, 11) is 0. The molecule has 2 rings (SSSR count). The molecule has 0 unspecified atom stereocenters. The van der Waals surface area contributed by atoms with Crippen LogP contribution in [0.5, 0.6) is 0 Å². The van der Waals surface area contributed by atoms with Crippen LogP contribution in [-0.4, -0.2) is 67.1 Å². The second kappa shape index (κ2) is 11.9. The molecule has 12 heteroatoms. The number of rotatable bonds is 8. The highest BCUT2D eigenvalue weighted by Gasteiger charge is 2.53. The van der Waals surface area contributed by atoms with E-state index in [2.05, 4.69) is 5.48 Å². The van der Waals surface area contributed by atoms with E-state index in [1.54, 1.807) is 18.2 Å². The van der Waals surface area contributed by atoms with Gasteiger partial charge in [-0.15, -0.1) is 0 Å². The van der Waals surface area contributed by atoms with Crippen LogP contribution in [0.25, 0.3) is 0 Å². The zero-order valence-electron chi connectivity index (χ0n) is 18.5. The van der Waals surface area contributed by atoms with Crippen LogP contribution in [0.15, 0.2) is 30.3 Å². The Bertz CT molecular complexity index is 872. The predicted molar refractivity (Wildman–Crippen MR) is 107 cm³/mol. The van der Waals surface area contributed by atoms with Gasteiger partial charge in [-0.25, -0.2) is 10.3 Å². The molecule has 0 spiro atoms. The van der Waals surface area contributed by atoms with Gasteiger partial charge in [0.05, 0.1) is 0 Å². The summed E-state index contributed by atoms with van der Waals surface area (Å²) in [4.78, 5) is 64.2. The van der Waals surface area contributed by atoms with Crippen LogP contribution >= 0.6 is 0 Å². The number of ether oxygens (including phenoxy) is 5. The minimum Gasteiger partial charge on any atom is -0.463 e. The Hall–Kier alpha value is -3.51. The lowest BCUT2D eigenvalue weighted by molar-refractivity contribution is -0.317. The number of hydroxylamine groups is 1. The number of hydrogen-bond acceptors (Lipinski definition) is 11. The van der Waals surface area contributed by atoms with Crippen molar-refractivity contribution in [2.75, 3.05) is 6.61 Å². The normalized spacial score (nSPS) is 24.2. The number of nitrogens with one attached hydrogen (secondary N) is 1. The summed E-state index contributed by atoms with van der Waals surface area (Å²) in [5.41, 5.74) is 2.44. The lowest BCUT2D eigenvalue weighted by atomic mass is 9.98. The van der Waals surface area contributed by atoms with Gasteiger partial charge in [0.15, 0.2) is 18.3 Å². The largest absolute Gasteiger partial charge is 0.463 e. The van der Waals surface area contributed by atoms with Crippen LogP contribution in [0.1, 0.15) is 38.1 Å². The van der Waals surface area contributed by atoms with Crippen LogP contribution in [0.4, 0.5) is 0 Å². The number of hydrogen-bond donors (Lipinski definition) is 1. The molecule has 1 aliphatic rings. The first-order valence-corrected chi connectivity index (χ1v) is 9.90. The van der Waals surface area contributed by atoms with Gasteiger partial charge in [-0.2, -0.15) is 0 Å². The average molecular weight is 467 g/mol. The smallest absolute Gasteiger partial charge is 0.303 e. The summed E-state index contributed by atoms with van der Waals surface area (Å²) >= 11 is 0. The van der Waals surface area contributed by atoms with Crippen LogP contribution in [0.3, 0.4) is 0 Å². The summed E-state index contributed by atoms with van der Waals surface area (Å²) in [6.45, 7) is 4.04. The molecular formula is C21H25NO11. The van der Waals surface area contributed by atoms with Gasteiger partial charge in [0.2, 0.25) is 6.29 Å². The summed E-state index contributed by atoms with van der Waals surface area (Å²) in [6.07, 6.45) is -6.87. The Labute approximate surface area is 189 Å². The monoisotopic (exact) mass is 467 g/mol. The van der Waals surface area contributed by atoms with Gasteiger partial charge >= 0.3 is 23.9 Å². The Morgan fingerprint density at radius 2 is 1.33 bits per heavy atom. The first-order chi connectivity index (χ1) is 15.6. The quantitative estimate of drug-likeness (QED) is 0.322. The maximum Gasteiger partial charge on any atom is 0.303 e. The molecule has 1 saturated heterocycles. The first-order valence-electron chi connectivity index (χ1n) is 9.90. The molecule has 180 valence electrons. The molecule has 1 aliphatic heterocycles. The minimum atomic E-state index is -1.52. The Balaban J connectivity index is 2.33. The molecule has 0 aliphatic carbocycles. The molecule has 1 heterocycles. The molecule has 33 heavy (non-hydrogen) atoms. The van der Waals surface area contributed by atoms with Crippen LogP contribution in [-0.2, 0) is 47.7 Å². The van der Waals surface area contributed by atoms with Gasteiger partial charge in [0.1, 0.15) is 12.7 Å². The van der Waals surface area contributed by atoms with Gasteiger partial charge in [-0.1, -0.05) is 18.2 Å². The maximum absolute atomic E-state index is 12.4. The highest BCUT2D eigenvalue weighted by molar-refractivity contribution is 5.93. The lowest BCUT2D eigenvalue weighted by Crippen LogP contribution is -2.63. The molecule has 5 atom stereocenters. The Kier molecular flexibility index (Phi) is 9.30. The number of carbonyl (C=O) groups is 5. The second-order valence-electron chi connectivity index (χ2n) is 6.98. The molecule has 0 radical (unpaired) electrons. The van der Waals surface area contributed by atoms with E-state index in [4.69, 9.17) is 28.5 Å². The third kappa shape index (κ3) is 7.84. The van der Waals surface area contributed by atoms with Crippen LogP contribution < -0.4 is 5.48 Å². The minimum absolute atomic E-state index is 0.267. The van der Waals surface area contributed by atoms with E-state index in [0.29, 0.717) is 0 Å². The molecule has 1 N–H and O–H groups in total. The van der Waals surface area contributed by atoms with Crippen molar-refractivity contribution in [3.63, 3.8) is 0 Å².